The Morgan fingerprint density at radius 2 is 1.59 bits per heavy atom. The van der Waals surface area contributed by atoms with Crippen LogP contribution < -0.4 is 24.7 Å². The summed E-state index contributed by atoms with van der Waals surface area (Å²) in [6.45, 7) is 2.05. The summed E-state index contributed by atoms with van der Waals surface area (Å²) in [6, 6.07) is 9.32. The Bertz CT molecular complexity index is 845. The van der Waals surface area contributed by atoms with Gasteiger partial charge in [0.2, 0.25) is 11.5 Å². The van der Waals surface area contributed by atoms with Crippen molar-refractivity contribution in [3.63, 3.8) is 0 Å². The van der Waals surface area contributed by atoms with Crippen molar-refractivity contribution in [2.24, 2.45) is 5.73 Å². The normalized spacial score (nSPS) is 13.3. The van der Waals surface area contributed by atoms with Crippen molar-refractivity contribution in [2.45, 2.75) is 19.3 Å². The number of hydrogen-bond donors (Lipinski definition) is 1. The number of nitrogens with zero attached hydrogens (tertiary/aromatic N) is 1. The molecule has 7 heteroatoms. The van der Waals surface area contributed by atoms with E-state index in [9.17, 15) is 4.79 Å². The molecule has 2 aromatic rings. The molecule has 29 heavy (non-hydrogen) atoms. The molecule has 156 valence electrons. The largest absolute Gasteiger partial charge is 0.492 e. The monoisotopic (exact) mass is 400 g/mol. The SMILES string of the molecule is COc1c(Oc2ccc(CCN)cc2)cc(C(=O)N2CCCC2)c(OC)c1OC. The number of amides is 1. The Hall–Kier alpha value is -2.93. The van der Waals surface area contributed by atoms with E-state index in [-0.39, 0.29) is 5.91 Å². The second kappa shape index (κ2) is 9.52. The van der Waals surface area contributed by atoms with Gasteiger partial charge in [0.25, 0.3) is 5.91 Å². The molecule has 0 spiro atoms. The predicted octanol–water partition coefficient (Wildman–Crippen LogP) is 3.24. The van der Waals surface area contributed by atoms with E-state index in [1.807, 2.05) is 29.2 Å². The van der Waals surface area contributed by atoms with E-state index in [1.165, 1.54) is 21.3 Å². The van der Waals surface area contributed by atoms with Crippen LogP contribution in [0, 0.1) is 0 Å². The van der Waals surface area contributed by atoms with Gasteiger partial charge in [-0.2, -0.15) is 0 Å². The molecule has 0 aliphatic carbocycles. The quantitative estimate of drug-likeness (QED) is 0.732. The third-order valence-corrected chi connectivity index (χ3v) is 4.98. The van der Waals surface area contributed by atoms with Gasteiger partial charge in [0.15, 0.2) is 11.5 Å². The first-order valence-electron chi connectivity index (χ1n) is 9.72. The molecule has 0 atom stereocenters. The van der Waals surface area contributed by atoms with E-state index in [0.29, 0.717) is 40.9 Å². The molecule has 1 aliphatic heterocycles. The summed E-state index contributed by atoms with van der Waals surface area (Å²) >= 11 is 0. The molecule has 1 aliphatic rings. The fourth-order valence-electron chi connectivity index (χ4n) is 3.52. The van der Waals surface area contributed by atoms with Crippen molar-refractivity contribution in [3.05, 3.63) is 41.5 Å². The van der Waals surface area contributed by atoms with Crippen molar-refractivity contribution in [3.8, 4) is 28.7 Å². The first-order chi connectivity index (χ1) is 14.1. The number of rotatable bonds is 8. The smallest absolute Gasteiger partial charge is 0.257 e. The zero-order chi connectivity index (χ0) is 20.8. The van der Waals surface area contributed by atoms with Crippen LogP contribution in [0.5, 0.6) is 28.7 Å². The molecule has 1 fully saturated rings. The van der Waals surface area contributed by atoms with Gasteiger partial charge < -0.3 is 29.6 Å². The maximum atomic E-state index is 13.1. The number of ether oxygens (including phenoxy) is 4. The van der Waals surface area contributed by atoms with E-state index in [1.54, 1.807) is 6.07 Å². The standard InChI is InChI=1S/C22H28N2O5/c1-26-19-17(22(25)24-12-4-5-13-24)14-18(20(27-2)21(19)28-3)29-16-8-6-15(7-9-16)10-11-23/h6-9,14H,4-5,10-13,23H2,1-3H3. The van der Waals surface area contributed by atoms with Gasteiger partial charge in [0, 0.05) is 19.2 Å². The maximum Gasteiger partial charge on any atom is 0.257 e. The lowest BCUT2D eigenvalue weighted by atomic mass is 10.1. The molecule has 7 nitrogen and oxygen atoms in total. The van der Waals surface area contributed by atoms with Gasteiger partial charge in [0.05, 0.1) is 26.9 Å². The minimum Gasteiger partial charge on any atom is -0.492 e. The van der Waals surface area contributed by atoms with E-state index in [4.69, 9.17) is 24.7 Å². The van der Waals surface area contributed by atoms with Gasteiger partial charge in [-0.25, -0.2) is 0 Å². The Labute approximate surface area is 171 Å². The molecular weight excluding hydrogens is 372 g/mol. The Kier molecular flexibility index (Phi) is 6.82. The lowest BCUT2D eigenvalue weighted by Crippen LogP contribution is -2.28. The number of hydrogen-bond acceptors (Lipinski definition) is 6. The summed E-state index contributed by atoms with van der Waals surface area (Å²) in [7, 11) is 4.54. The van der Waals surface area contributed by atoms with Crippen LogP contribution in [-0.4, -0.2) is 51.8 Å². The average molecular weight is 400 g/mol. The van der Waals surface area contributed by atoms with Gasteiger partial charge in [-0.05, 0) is 43.5 Å². The van der Waals surface area contributed by atoms with Crippen molar-refractivity contribution in [2.75, 3.05) is 41.0 Å². The van der Waals surface area contributed by atoms with Crippen molar-refractivity contribution in [1.82, 2.24) is 4.90 Å². The van der Waals surface area contributed by atoms with Crippen molar-refractivity contribution >= 4 is 5.91 Å². The van der Waals surface area contributed by atoms with Gasteiger partial charge in [-0.1, -0.05) is 12.1 Å². The van der Waals surface area contributed by atoms with E-state index >= 15 is 0 Å². The summed E-state index contributed by atoms with van der Waals surface area (Å²) in [4.78, 5) is 14.9. The predicted molar refractivity (Wildman–Crippen MR) is 111 cm³/mol. The average Bonchev–Trinajstić information content (AvgIpc) is 3.28. The highest BCUT2D eigenvalue weighted by Gasteiger charge is 2.29. The molecule has 2 N–H and O–H groups in total. The molecular formula is C22H28N2O5. The maximum absolute atomic E-state index is 13.1. The fraction of sp³-hybridized carbons (Fsp3) is 0.409. The van der Waals surface area contributed by atoms with Crippen LogP contribution in [0.3, 0.4) is 0 Å². The number of carbonyl (C=O) groups excluding carboxylic acids is 1. The Morgan fingerprint density at radius 1 is 0.966 bits per heavy atom. The Morgan fingerprint density at radius 3 is 2.14 bits per heavy atom. The minimum absolute atomic E-state index is 0.108. The molecule has 2 aromatic carbocycles. The molecule has 0 unspecified atom stereocenters. The second-order valence-electron chi connectivity index (χ2n) is 6.81. The summed E-state index contributed by atoms with van der Waals surface area (Å²) in [5.74, 6) is 1.94. The lowest BCUT2D eigenvalue weighted by Gasteiger charge is -2.22. The molecule has 3 rings (SSSR count). The number of methoxy groups -OCH3 is 3. The molecule has 0 bridgehead atoms. The third-order valence-electron chi connectivity index (χ3n) is 4.98. The lowest BCUT2D eigenvalue weighted by molar-refractivity contribution is 0.0788. The van der Waals surface area contributed by atoms with Crippen LogP contribution >= 0.6 is 0 Å². The van der Waals surface area contributed by atoms with Crippen LogP contribution in [0.1, 0.15) is 28.8 Å². The first kappa shape index (κ1) is 20.8. The first-order valence-corrected chi connectivity index (χ1v) is 9.72. The molecule has 1 saturated heterocycles. The molecule has 0 radical (unpaired) electrons. The minimum atomic E-state index is -0.108. The topological polar surface area (TPSA) is 83.3 Å². The number of likely N-dealkylation sites (tertiary alicyclic amines) is 1. The van der Waals surface area contributed by atoms with E-state index < -0.39 is 0 Å². The zero-order valence-electron chi connectivity index (χ0n) is 17.2. The number of benzene rings is 2. The van der Waals surface area contributed by atoms with Crippen LogP contribution in [-0.2, 0) is 6.42 Å². The highest BCUT2D eigenvalue weighted by Crippen LogP contribution is 2.48. The van der Waals surface area contributed by atoms with E-state index in [2.05, 4.69) is 0 Å². The van der Waals surface area contributed by atoms with Crippen LogP contribution in [0.15, 0.2) is 30.3 Å². The molecule has 1 amide bonds. The fourth-order valence-corrected chi connectivity index (χ4v) is 3.52. The van der Waals surface area contributed by atoms with Crippen LogP contribution in [0.25, 0.3) is 0 Å². The van der Waals surface area contributed by atoms with Crippen LogP contribution in [0.4, 0.5) is 0 Å². The van der Waals surface area contributed by atoms with Crippen molar-refractivity contribution < 1.29 is 23.7 Å². The molecule has 0 aromatic heterocycles. The number of carbonyl (C=O) groups is 1. The summed E-state index contributed by atoms with van der Waals surface area (Å²) < 4.78 is 22.6. The third kappa shape index (κ3) is 4.40. The highest BCUT2D eigenvalue weighted by atomic mass is 16.5. The van der Waals surface area contributed by atoms with E-state index in [0.717, 1.165) is 37.9 Å². The summed E-state index contributed by atoms with van der Waals surface area (Å²) in [6.07, 6.45) is 2.80. The van der Waals surface area contributed by atoms with Gasteiger partial charge in [-0.15, -0.1) is 0 Å². The zero-order valence-corrected chi connectivity index (χ0v) is 17.2. The van der Waals surface area contributed by atoms with Gasteiger partial charge >= 0.3 is 0 Å². The highest BCUT2D eigenvalue weighted by molar-refractivity contribution is 5.99. The van der Waals surface area contributed by atoms with Crippen LogP contribution in [0.2, 0.25) is 0 Å². The van der Waals surface area contributed by atoms with Crippen molar-refractivity contribution in [1.29, 1.82) is 0 Å². The van der Waals surface area contributed by atoms with Gasteiger partial charge in [0.1, 0.15) is 5.75 Å². The molecule has 0 saturated carbocycles. The Balaban J connectivity index is 2.02. The summed E-state index contributed by atoms with van der Waals surface area (Å²) in [5, 5.41) is 0. The summed E-state index contributed by atoms with van der Waals surface area (Å²) in [5.41, 5.74) is 7.13. The number of nitrogens with two attached hydrogens (primary N) is 1. The van der Waals surface area contributed by atoms with Gasteiger partial charge in [-0.3, -0.25) is 4.79 Å². The second-order valence-corrected chi connectivity index (χ2v) is 6.81. The molecule has 1 heterocycles.